The van der Waals surface area contributed by atoms with E-state index in [1.165, 1.54) is 31.4 Å². The van der Waals surface area contributed by atoms with E-state index in [1.807, 2.05) is 0 Å². The second-order valence-corrected chi connectivity index (χ2v) is 6.59. The van der Waals surface area contributed by atoms with Crippen molar-refractivity contribution in [1.29, 1.82) is 0 Å². The Balaban J connectivity index is 2.19. The van der Waals surface area contributed by atoms with Crippen LogP contribution in [0.1, 0.15) is 5.56 Å². The Morgan fingerprint density at radius 3 is 2.58 bits per heavy atom. The van der Waals surface area contributed by atoms with E-state index >= 15 is 0 Å². The van der Waals surface area contributed by atoms with Crippen LogP contribution in [0.3, 0.4) is 0 Å². The van der Waals surface area contributed by atoms with Crippen LogP contribution in [0.25, 0.3) is 0 Å². The van der Waals surface area contributed by atoms with Crippen molar-refractivity contribution in [2.45, 2.75) is 5.66 Å². The number of ether oxygens (including phenoxy) is 1. The number of phenolic OH excluding ortho intramolecular Hbond substituents is 1. The van der Waals surface area contributed by atoms with Gasteiger partial charge in [0.15, 0.2) is 0 Å². The van der Waals surface area contributed by atoms with Gasteiger partial charge >= 0.3 is 16.1 Å². The number of anilines is 1. The lowest BCUT2D eigenvalue weighted by Crippen LogP contribution is -2.51. The third-order valence-electron chi connectivity index (χ3n) is 3.48. The quantitative estimate of drug-likeness (QED) is 0.520. The number of aromatic nitrogens is 2. The molecule has 0 radical (unpaired) electrons. The van der Waals surface area contributed by atoms with E-state index in [9.17, 15) is 27.9 Å². The molecule has 1 aliphatic rings. The Morgan fingerprint density at radius 2 is 2.00 bits per heavy atom. The lowest BCUT2D eigenvalue weighted by Gasteiger charge is -2.27. The van der Waals surface area contributed by atoms with Crippen LogP contribution in [0, 0.1) is 0 Å². The van der Waals surface area contributed by atoms with E-state index in [0.717, 1.165) is 6.07 Å². The zero-order chi connectivity index (χ0) is 19.1. The van der Waals surface area contributed by atoms with E-state index in [4.69, 9.17) is 4.74 Å². The minimum Gasteiger partial charge on any atom is -0.508 e. The summed E-state index contributed by atoms with van der Waals surface area (Å²) >= 11 is 0. The summed E-state index contributed by atoms with van der Waals surface area (Å²) in [5.74, 6) is -3.23. The van der Waals surface area contributed by atoms with Crippen LogP contribution in [0.2, 0.25) is 0 Å². The van der Waals surface area contributed by atoms with Gasteiger partial charge in [0.2, 0.25) is 23.4 Å². The number of hydrogen-bond acceptors (Lipinski definition) is 9. The largest absolute Gasteiger partial charge is 0.508 e. The number of benzene rings is 1. The molecular weight excluding hydrogens is 373 g/mol. The van der Waals surface area contributed by atoms with Gasteiger partial charge < -0.3 is 20.3 Å². The van der Waals surface area contributed by atoms with Crippen molar-refractivity contribution >= 4 is 22.1 Å². The third kappa shape index (κ3) is 2.72. The fourth-order valence-corrected chi connectivity index (χ4v) is 3.44. The fourth-order valence-electron chi connectivity index (χ4n) is 2.37. The predicted molar refractivity (Wildman–Crippen MR) is 83.7 cm³/mol. The van der Waals surface area contributed by atoms with Crippen LogP contribution in [0.4, 0.5) is 10.4 Å². The number of nitrogens with zero attached hydrogens (tertiary/aromatic N) is 3. The van der Waals surface area contributed by atoms with Crippen LogP contribution >= 0.6 is 0 Å². The fraction of sp³-hybridized carbons (Fsp3) is 0.154. The summed E-state index contributed by atoms with van der Waals surface area (Å²) in [4.78, 5) is 19.8. The second kappa shape index (κ2) is 5.96. The van der Waals surface area contributed by atoms with Crippen molar-refractivity contribution < 1.29 is 32.6 Å². The summed E-state index contributed by atoms with van der Waals surface area (Å²) in [6.07, 6.45) is 0. The molecule has 1 aromatic carbocycles. The molecule has 138 valence electrons. The van der Waals surface area contributed by atoms with E-state index in [1.54, 1.807) is 4.72 Å². The van der Waals surface area contributed by atoms with Crippen LogP contribution in [-0.4, -0.2) is 46.1 Å². The number of carbonyl (C=O) groups excluding carboxylic acids is 1. The Kier molecular flexibility index (Phi) is 4.04. The van der Waals surface area contributed by atoms with Gasteiger partial charge in [0.05, 0.1) is 13.2 Å². The lowest BCUT2D eigenvalue weighted by molar-refractivity contribution is -0.138. The minimum absolute atomic E-state index is 0.113. The van der Waals surface area contributed by atoms with Crippen molar-refractivity contribution in [2.75, 3.05) is 12.4 Å². The predicted octanol–water partition coefficient (Wildman–Crippen LogP) is -0.278. The average Bonchev–Trinajstić information content (AvgIpc) is 2.75. The molecule has 26 heavy (non-hydrogen) atoms. The summed E-state index contributed by atoms with van der Waals surface area (Å²) in [7, 11) is -3.60. The van der Waals surface area contributed by atoms with Crippen molar-refractivity contribution in [3.05, 3.63) is 35.9 Å². The first-order chi connectivity index (χ1) is 12.2. The Labute approximate surface area is 146 Å². The molecule has 3 rings (SSSR count). The van der Waals surface area contributed by atoms with Crippen molar-refractivity contribution in [1.82, 2.24) is 19.2 Å². The number of amides is 1. The maximum Gasteiger partial charge on any atom is 0.333 e. The second-order valence-electron chi connectivity index (χ2n) is 5.11. The molecule has 0 aliphatic carbocycles. The molecule has 0 spiro atoms. The molecule has 1 atom stereocenters. The Hall–Kier alpha value is -3.19. The zero-order valence-electron chi connectivity index (χ0n) is 13.0. The maximum atomic E-state index is 13.9. The van der Waals surface area contributed by atoms with Crippen molar-refractivity contribution in [2.24, 2.45) is 0 Å². The third-order valence-corrected chi connectivity index (χ3v) is 4.63. The highest BCUT2D eigenvalue weighted by Crippen LogP contribution is 2.37. The van der Waals surface area contributed by atoms with Gasteiger partial charge in [0.25, 0.3) is 0 Å². The number of methoxy groups -OCH3 is 1. The molecule has 0 saturated carbocycles. The van der Waals surface area contributed by atoms with Gasteiger partial charge in [-0.25, -0.2) is 0 Å². The first-order valence-corrected chi connectivity index (χ1v) is 8.37. The van der Waals surface area contributed by atoms with Crippen LogP contribution < -0.4 is 14.8 Å². The molecule has 1 amide bonds. The van der Waals surface area contributed by atoms with Gasteiger partial charge in [-0.3, -0.25) is 4.79 Å². The van der Waals surface area contributed by atoms with Gasteiger partial charge in [0.1, 0.15) is 5.75 Å². The molecule has 1 saturated heterocycles. The lowest BCUT2D eigenvalue weighted by atomic mass is 9.98. The number of para-hydroxylation sites is 1. The minimum atomic E-state index is -4.85. The van der Waals surface area contributed by atoms with Gasteiger partial charge in [0, 0.05) is 5.56 Å². The van der Waals surface area contributed by atoms with Gasteiger partial charge in [-0.05, 0) is 10.6 Å². The smallest absolute Gasteiger partial charge is 0.333 e. The van der Waals surface area contributed by atoms with Crippen molar-refractivity contribution in [3.63, 3.8) is 0 Å². The van der Waals surface area contributed by atoms with Crippen LogP contribution in [0.15, 0.2) is 30.3 Å². The SMILES string of the molecule is COc1cc(O)nc(NC2(c3ccccc3O)NS(=O)(=O)N(F)C2=O)n1. The summed E-state index contributed by atoms with van der Waals surface area (Å²) in [6, 6.07) is 6.24. The molecule has 1 aromatic heterocycles. The number of nitrogens with one attached hydrogen (secondary N) is 2. The van der Waals surface area contributed by atoms with Crippen LogP contribution in [0.5, 0.6) is 17.5 Å². The van der Waals surface area contributed by atoms with Crippen molar-refractivity contribution in [3.8, 4) is 17.5 Å². The highest BCUT2D eigenvalue weighted by atomic mass is 32.2. The number of aromatic hydroxyl groups is 2. The molecule has 1 aliphatic heterocycles. The normalized spacial score (nSPS) is 21.6. The number of halogens is 1. The number of hydrogen-bond donors (Lipinski definition) is 4. The first-order valence-electron chi connectivity index (χ1n) is 6.93. The molecule has 11 nitrogen and oxygen atoms in total. The molecule has 2 aromatic rings. The van der Waals surface area contributed by atoms with Crippen LogP contribution in [-0.2, 0) is 20.7 Å². The Morgan fingerprint density at radius 1 is 1.31 bits per heavy atom. The number of phenols is 1. The van der Waals surface area contributed by atoms with Gasteiger partial charge in [-0.1, -0.05) is 22.7 Å². The van der Waals surface area contributed by atoms with E-state index in [0.29, 0.717) is 0 Å². The van der Waals surface area contributed by atoms with Gasteiger partial charge in [-0.15, -0.1) is 0 Å². The average molecular weight is 385 g/mol. The monoisotopic (exact) mass is 385 g/mol. The molecule has 1 fully saturated rings. The standard InChI is InChI=1S/C13H12FN5O6S/c1-25-10-6-9(21)15-12(16-10)17-13(7-4-2-3-5-8(7)20)11(22)19(14)26(23,24)18-13/h2-6,18,20H,1H3,(H2,15,16,17,21). The van der Waals surface area contributed by atoms with E-state index in [2.05, 4.69) is 15.3 Å². The molecule has 4 N–H and O–H groups in total. The molecule has 0 bridgehead atoms. The summed E-state index contributed by atoms with van der Waals surface area (Å²) < 4.78 is 43.2. The Bertz CT molecular complexity index is 987. The molecule has 1 unspecified atom stereocenters. The number of rotatable bonds is 4. The summed E-state index contributed by atoms with van der Waals surface area (Å²) in [6.45, 7) is 0. The molecule has 13 heteroatoms. The number of carbonyl (C=O) groups is 1. The van der Waals surface area contributed by atoms with E-state index in [-0.39, 0.29) is 11.4 Å². The zero-order valence-corrected chi connectivity index (χ0v) is 13.9. The maximum absolute atomic E-state index is 13.9. The van der Waals surface area contributed by atoms with E-state index < -0.39 is 43.9 Å². The molecule has 2 heterocycles. The first kappa shape index (κ1) is 17.6. The molecular formula is C13H12FN5O6S. The van der Waals surface area contributed by atoms with Gasteiger partial charge in [-0.2, -0.15) is 23.1 Å². The summed E-state index contributed by atoms with van der Waals surface area (Å²) in [5, 5.41) is 22.0. The summed E-state index contributed by atoms with van der Waals surface area (Å²) in [5.41, 5.74) is -2.79. The highest BCUT2D eigenvalue weighted by molar-refractivity contribution is 7.88. The highest BCUT2D eigenvalue weighted by Gasteiger charge is 2.59. The topological polar surface area (TPSA) is 154 Å².